The number of pyridine rings is 2. The molecule has 0 spiro atoms. The SMILES string of the molecule is C=O.Oc1cccc2cccnc12.Oc1cccc2cccnc12.[AlH3]. The molecule has 0 amide bonds. The largest absolute Gasteiger partial charge is 0.506 e. The van der Waals surface area contributed by atoms with E-state index in [9.17, 15) is 10.2 Å². The Morgan fingerprint density at radius 2 is 1.00 bits per heavy atom. The van der Waals surface area contributed by atoms with Crippen molar-refractivity contribution in [3.05, 3.63) is 73.1 Å². The Morgan fingerprint density at radius 1 is 0.640 bits per heavy atom. The molecule has 2 aromatic heterocycles. The summed E-state index contributed by atoms with van der Waals surface area (Å²) in [5, 5.41) is 20.5. The lowest BCUT2D eigenvalue weighted by atomic mass is 10.2. The number of phenolic OH excluding ortho intramolecular Hbond substituents is 2. The van der Waals surface area contributed by atoms with Gasteiger partial charge in [-0.1, -0.05) is 36.4 Å². The Kier molecular flexibility index (Phi) is 8.07. The summed E-state index contributed by atoms with van der Waals surface area (Å²) in [6.07, 6.45) is 3.34. The highest BCUT2D eigenvalue weighted by Gasteiger charge is 1.97. The maximum Gasteiger partial charge on any atom is 0.187 e. The molecule has 2 aromatic carbocycles. The number of fused-ring (bicyclic) bond motifs is 2. The normalized spacial score (nSPS) is 9.12. The van der Waals surface area contributed by atoms with Crippen LogP contribution in [-0.4, -0.2) is 44.3 Å². The predicted octanol–water partition coefficient (Wildman–Crippen LogP) is 2.51. The summed E-state index contributed by atoms with van der Waals surface area (Å²) in [5.41, 5.74) is 1.32. The van der Waals surface area contributed by atoms with Crippen LogP contribution in [0.2, 0.25) is 0 Å². The molecule has 6 heteroatoms. The fraction of sp³-hybridized carbons (Fsp3) is 0. The van der Waals surface area contributed by atoms with Gasteiger partial charge in [0, 0.05) is 23.2 Å². The van der Waals surface area contributed by atoms with Crippen LogP contribution in [0.4, 0.5) is 0 Å². The monoisotopic (exact) mass is 350 g/mol. The quantitative estimate of drug-likeness (QED) is 0.476. The van der Waals surface area contributed by atoms with Gasteiger partial charge >= 0.3 is 0 Å². The molecule has 0 atom stereocenters. The fourth-order valence-corrected chi connectivity index (χ4v) is 2.18. The van der Waals surface area contributed by atoms with Gasteiger partial charge in [0.1, 0.15) is 29.3 Å². The average molecular weight is 350 g/mol. The van der Waals surface area contributed by atoms with Gasteiger partial charge in [-0.3, -0.25) is 9.97 Å². The van der Waals surface area contributed by atoms with Gasteiger partial charge in [0.15, 0.2) is 17.4 Å². The lowest BCUT2D eigenvalue weighted by Crippen LogP contribution is -1.76. The van der Waals surface area contributed by atoms with Crippen LogP contribution in [-0.2, 0) is 4.79 Å². The van der Waals surface area contributed by atoms with Crippen molar-refractivity contribution >= 4 is 46.0 Å². The fourth-order valence-electron chi connectivity index (χ4n) is 2.18. The zero-order valence-electron chi connectivity index (χ0n) is 12.8. The second-order valence-corrected chi connectivity index (χ2v) is 4.70. The second kappa shape index (κ2) is 10.0. The van der Waals surface area contributed by atoms with Crippen molar-refractivity contribution in [3.8, 4) is 11.5 Å². The maximum atomic E-state index is 9.31. The van der Waals surface area contributed by atoms with E-state index in [0.29, 0.717) is 11.0 Å². The molecule has 2 heterocycles. The van der Waals surface area contributed by atoms with Gasteiger partial charge in [-0.15, -0.1) is 0 Å². The third-order valence-electron chi connectivity index (χ3n) is 3.22. The van der Waals surface area contributed by atoms with Crippen LogP contribution in [0, 0.1) is 0 Å². The van der Waals surface area contributed by atoms with Crippen LogP contribution in [0.3, 0.4) is 0 Å². The summed E-state index contributed by atoms with van der Waals surface area (Å²) in [6.45, 7) is 2.00. The number of para-hydroxylation sites is 2. The summed E-state index contributed by atoms with van der Waals surface area (Å²) in [7, 11) is 0. The summed E-state index contributed by atoms with van der Waals surface area (Å²) >= 11 is 0. The van der Waals surface area contributed by atoms with Crippen molar-refractivity contribution in [2.75, 3.05) is 0 Å². The van der Waals surface area contributed by atoms with E-state index in [2.05, 4.69) is 9.97 Å². The number of carbonyl (C=O) groups is 1. The molecule has 0 fully saturated rings. The molecule has 0 bridgehead atoms. The zero-order valence-corrected chi connectivity index (χ0v) is 12.8. The third-order valence-corrected chi connectivity index (χ3v) is 3.22. The minimum Gasteiger partial charge on any atom is -0.506 e. The van der Waals surface area contributed by atoms with Crippen molar-refractivity contribution in [1.82, 2.24) is 9.97 Å². The molecule has 4 rings (SSSR count). The van der Waals surface area contributed by atoms with Crippen LogP contribution in [0.15, 0.2) is 73.1 Å². The molecule has 0 radical (unpaired) electrons. The topological polar surface area (TPSA) is 83.3 Å². The molecule has 4 aromatic rings. The Hall–Kier alpha value is -2.94. The van der Waals surface area contributed by atoms with E-state index in [1.54, 1.807) is 36.7 Å². The standard InChI is InChI=1S/2C9H7NO.CH2O.Al.3H/c2*11-8-5-1-3-7-4-2-6-10-9(7)8;1-2;;;;/h2*1-6,11H;1H2;;;;. The first-order valence-electron chi connectivity index (χ1n) is 7.10. The molecule has 0 unspecified atom stereocenters. The van der Waals surface area contributed by atoms with Crippen molar-refractivity contribution in [2.24, 2.45) is 0 Å². The number of hydrogen-bond acceptors (Lipinski definition) is 5. The zero-order chi connectivity index (χ0) is 17.4. The molecule has 2 N–H and O–H groups in total. The summed E-state index contributed by atoms with van der Waals surface area (Å²) in [6, 6.07) is 18.3. The molecule has 25 heavy (non-hydrogen) atoms. The first-order valence-corrected chi connectivity index (χ1v) is 7.10. The molecule has 0 saturated carbocycles. The highest BCUT2D eigenvalue weighted by atomic mass is 27.0. The summed E-state index contributed by atoms with van der Waals surface area (Å²) in [5.74, 6) is 0.478. The minimum atomic E-state index is 0. The van der Waals surface area contributed by atoms with E-state index in [1.807, 2.05) is 43.2 Å². The number of carbonyl (C=O) groups excluding carboxylic acids is 1. The number of aromatic hydroxyl groups is 2. The lowest BCUT2D eigenvalue weighted by molar-refractivity contribution is -0.0979. The summed E-state index contributed by atoms with van der Waals surface area (Å²) in [4.78, 5) is 16.1. The number of rotatable bonds is 0. The second-order valence-electron chi connectivity index (χ2n) is 4.70. The molecule has 126 valence electrons. The van der Waals surface area contributed by atoms with Gasteiger partial charge < -0.3 is 15.0 Å². The van der Waals surface area contributed by atoms with Gasteiger partial charge in [-0.25, -0.2) is 0 Å². The summed E-state index contributed by atoms with van der Waals surface area (Å²) < 4.78 is 0. The lowest BCUT2D eigenvalue weighted by Gasteiger charge is -1.96. The van der Waals surface area contributed by atoms with E-state index in [1.165, 1.54) is 0 Å². The molecular weight excluding hydrogens is 331 g/mol. The number of nitrogens with zero attached hydrogens (tertiary/aromatic N) is 2. The first-order chi connectivity index (χ1) is 11.8. The van der Waals surface area contributed by atoms with E-state index >= 15 is 0 Å². The third kappa shape index (κ3) is 5.02. The molecule has 5 nitrogen and oxygen atoms in total. The molecular formula is C19H19AlN2O3. The van der Waals surface area contributed by atoms with Crippen LogP contribution in [0.25, 0.3) is 21.8 Å². The Morgan fingerprint density at radius 3 is 1.36 bits per heavy atom. The van der Waals surface area contributed by atoms with Gasteiger partial charge in [-0.2, -0.15) is 0 Å². The minimum absolute atomic E-state index is 0. The van der Waals surface area contributed by atoms with Gasteiger partial charge in [0.05, 0.1) is 0 Å². The predicted molar refractivity (Wildman–Crippen MR) is 104 cm³/mol. The van der Waals surface area contributed by atoms with E-state index < -0.39 is 0 Å². The van der Waals surface area contributed by atoms with Crippen molar-refractivity contribution in [2.45, 2.75) is 0 Å². The van der Waals surface area contributed by atoms with Crippen LogP contribution < -0.4 is 0 Å². The Bertz CT molecular complexity index is 860. The smallest absolute Gasteiger partial charge is 0.187 e. The number of hydrogen-bond donors (Lipinski definition) is 2. The van der Waals surface area contributed by atoms with Crippen molar-refractivity contribution in [1.29, 1.82) is 0 Å². The highest BCUT2D eigenvalue weighted by molar-refractivity contribution is 5.84. The number of benzene rings is 2. The van der Waals surface area contributed by atoms with Crippen LogP contribution >= 0.6 is 0 Å². The van der Waals surface area contributed by atoms with Crippen LogP contribution in [0.1, 0.15) is 0 Å². The average Bonchev–Trinajstić information content (AvgIpc) is 2.65. The van der Waals surface area contributed by atoms with E-state index in [0.717, 1.165) is 10.8 Å². The first kappa shape index (κ1) is 20.1. The van der Waals surface area contributed by atoms with Crippen molar-refractivity contribution in [3.63, 3.8) is 0 Å². The Balaban J connectivity index is 0.000000220. The number of aromatic nitrogens is 2. The number of phenols is 2. The molecule has 0 aliphatic rings. The van der Waals surface area contributed by atoms with Gasteiger partial charge in [0.2, 0.25) is 0 Å². The van der Waals surface area contributed by atoms with E-state index in [4.69, 9.17) is 4.79 Å². The molecule has 0 saturated heterocycles. The van der Waals surface area contributed by atoms with Gasteiger partial charge in [-0.05, 0) is 24.3 Å². The highest BCUT2D eigenvalue weighted by Crippen LogP contribution is 2.21. The Labute approximate surface area is 155 Å². The van der Waals surface area contributed by atoms with E-state index in [-0.39, 0.29) is 28.9 Å². The van der Waals surface area contributed by atoms with Gasteiger partial charge in [0.25, 0.3) is 0 Å². The molecule has 0 aliphatic carbocycles. The maximum absolute atomic E-state index is 9.31. The van der Waals surface area contributed by atoms with Crippen molar-refractivity contribution < 1.29 is 15.0 Å². The van der Waals surface area contributed by atoms with Crippen LogP contribution in [0.5, 0.6) is 11.5 Å². The molecule has 0 aliphatic heterocycles.